The van der Waals surface area contributed by atoms with Gasteiger partial charge in [-0.05, 0) is 12.5 Å². The van der Waals surface area contributed by atoms with Crippen LogP contribution in [0.3, 0.4) is 0 Å². The van der Waals surface area contributed by atoms with Crippen molar-refractivity contribution in [2.75, 3.05) is 13.2 Å². The quantitative estimate of drug-likeness (QED) is 0.698. The van der Waals surface area contributed by atoms with E-state index in [9.17, 15) is 0 Å². The smallest absolute Gasteiger partial charge is 0.225 e. The number of benzene rings is 1. The molecule has 5 heteroatoms. The first-order valence-corrected chi connectivity index (χ1v) is 6.90. The molecule has 18 heavy (non-hydrogen) atoms. The van der Waals surface area contributed by atoms with Gasteiger partial charge in [0.2, 0.25) is 11.0 Å². The maximum absolute atomic E-state index is 5.56. The number of rotatable bonds is 3. The van der Waals surface area contributed by atoms with Crippen molar-refractivity contribution in [1.29, 1.82) is 0 Å². The van der Waals surface area contributed by atoms with Crippen LogP contribution in [0.25, 0.3) is 10.2 Å². The first-order valence-electron chi connectivity index (χ1n) is 6.02. The largest absolute Gasteiger partial charge is 1.00 e. The van der Waals surface area contributed by atoms with Crippen LogP contribution in [0, 0.1) is 0 Å². The van der Waals surface area contributed by atoms with Crippen molar-refractivity contribution in [3.05, 3.63) is 29.8 Å². The summed E-state index contributed by atoms with van der Waals surface area (Å²) in [6.07, 6.45) is 1.92. The maximum Gasteiger partial charge on any atom is 0.225 e. The van der Waals surface area contributed by atoms with E-state index < -0.39 is 0 Å². The Hall–Kier alpha value is -0.490. The van der Waals surface area contributed by atoms with Gasteiger partial charge < -0.3 is 26.5 Å². The molecule has 1 aromatic carbocycles. The molecule has 0 bridgehead atoms. The van der Waals surface area contributed by atoms with Gasteiger partial charge in [0.25, 0.3) is 0 Å². The number of aromatic nitrogens is 1. The Bertz CT molecular complexity index is 496. The summed E-state index contributed by atoms with van der Waals surface area (Å²) in [5.74, 6) is 0. The number of hydrogen-bond donors (Lipinski definition) is 0. The van der Waals surface area contributed by atoms with Crippen LogP contribution in [0.2, 0.25) is 0 Å². The molecule has 0 unspecified atom stereocenters. The van der Waals surface area contributed by atoms with Crippen LogP contribution < -0.4 is 21.5 Å². The van der Waals surface area contributed by atoms with E-state index in [4.69, 9.17) is 9.47 Å². The molecule has 2 heterocycles. The maximum atomic E-state index is 5.56. The van der Waals surface area contributed by atoms with Gasteiger partial charge in [-0.1, -0.05) is 23.5 Å². The number of para-hydroxylation sites is 1. The summed E-state index contributed by atoms with van der Waals surface area (Å²) >= 11 is 1.78. The topological polar surface area (TPSA) is 22.3 Å². The van der Waals surface area contributed by atoms with Crippen LogP contribution in [0.15, 0.2) is 29.8 Å². The standard InChI is InChI=1S/C13H16NO2S.BrH/c1-2-5-12-11(4-1)14(10-17-12)7-6-13-15-8-3-9-16-13;/h1-2,4-5,10,13H,3,6-9H2;1H/q+1;/p-1. The molecule has 3 nitrogen and oxygen atoms in total. The molecular formula is C13H16BrNO2S. The molecule has 3 rings (SSSR count). The molecule has 1 aromatic heterocycles. The lowest BCUT2D eigenvalue weighted by molar-refractivity contribution is -0.669. The molecule has 0 aliphatic carbocycles. The van der Waals surface area contributed by atoms with Gasteiger partial charge in [-0.2, -0.15) is 4.57 Å². The molecule has 1 aliphatic heterocycles. The number of fused-ring (bicyclic) bond motifs is 1. The molecular weight excluding hydrogens is 314 g/mol. The summed E-state index contributed by atoms with van der Waals surface area (Å²) in [6, 6.07) is 8.48. The summed E-state index contributed by atoms with van der Waals surface area (Å²) in [6.45, 7) is 2.62. The van der Waals surface area contributed by atoms with Crippen molar-refractivity contribution < 1.29 is 31.0 Å². The molecule has 0 atom stereocenters. The Morgan fingerprint density at radius 3 is 2.83 bits per heavy atom. The van der Waals surface area contributed by atoms with E-state index in [2.05, 4.69) is 34.3 Å². The van der Waals surface area contributed by atoms with Gasteiger partial charge in [-0.25, -0.2) is 0 Å². The molecule has 98 valence electrons. The van der Waals surface area contributed by atoms with Crippen molar-refractivity contribution in [2.45, 2.75) is 25.7 Å². The van der Waals surface area contributed by atoms with Crippen LogP contribution >= 0.6 is 11.3 Å². The van der Waals surface area contributed by atoms with E-state index >= 15 is 0 Å². The van der Waals surface area contributed by atoms with E-state index in [1.165, 1.54) is 10.2 Å². The lowest BCUT2D eigenvalue weighted by Crippen LogP contribution is -3.00. The first-order chi connectivity index (χ1) is 8.43. The molecule has 0 N–H and O–H groups in total. The van der Waals surface area contributed by atoms with Crippen molar-refractivity contribution >= 4 is 21.6 Å². The van der Waals surface area contributed by atoms with Crippen LogP contribution in [-0.2, 0) is 16.0 Å². The fourth-order valence-electron chi connectivity index (χ4n) is 2.09. The average molecular weight is 330 g/mol. The number of thiazole rings is 1. The average Bonchev–Trinajstić information content (AvgIpc) is 2.81. The van der Waals surface area contributed by atoms with E-state index in [-0.39, 0.29) is 23.3 Å². The van der Waals surface area contributed by atoms with Crippen LogP contribution in [0.4, 0.5) is 0 Å². The molecule has 0 saturated carbocycles. The second-order valence-corrected chi connectivity index (χ2v) is 5.08. The Kier molecular flexibility index (Phi) is 5.12. The van der Waals surface area contributed by atoms with Crippen molar-refractivity contribution in [2.24, 2.45) is 0 Å². The normalized spacial score (nSPS) is 16.7. The van der Waals surface area contributed by atoms with Gasteiger partial charge in [0.1, 0.15) is 4.70 Å². The Morgan fingerprint density at radius 2 is 2.00 bits per heavy atom. The summed E-state index contributed by atoms with van der Waals surface area (Å²) in [7, 11) is 0. The molecule has 0 amide bonds. The highest BCUT2D eigenvalue weighted by atomic mass is 79.9. The number of nitrogens with zero attached hydrogens (tertiary/aromatic N) is 1. The molecule has 1 fully saturated rings. The zero-order valence-corrected chi connectivity index (χ0v) is 12.5. The summed E-state index contributed by atoms with van der Waals surface area (Å²) in [5, 5.41) is 0. The second kappa shape index (κ2) is 6.61. The fourth-order valence-corrected chi connectivity index (χ4v) is 3.02. The van der Waals surface area contributed by atoms with Crippen molar-refractivity contribution in [1.82, 2.24) is 0 Å². The van der Waals surface area contributed by atoms with Crippen molar-refractivity contribution in [3.8, 4) is 0 Å². The minimum atomic E-state index is -0.0186. The minimum Gasteiger partial charge on any atom is -1.00 e. The number of hydrogen-bond acceptors (Lipinski definition) is 3. The lowest BCUT2D eigenvalue weighted by atomic mass is 10.3. The van der Waals surface area contributed by atoms with Gasteiger partial charge >= 0.3 is 0 Å². The molecule has 1 saturated heterocycles. The monoisotopic (exact) mass is 329 g/mol. The number of halogens is 1. The minimum absolute atomic E-state index is 0. The summed E-state index contributed by atoms with van der Waals surface area (Å²) < 4.78 is 14.7. The molecule has 1 aliphatic rings. The zero-order chi connectivity index (χ0) is 11.5. The highest BCUT2D eigenvalue weighted by Gasteiger charge is 2.18. The summed E-state index contributed by atoms with van der Waals surface area (Å²) in [4.78, 5) is 0. The van der Waals surface area contributed by atoms with Gasteiger partial charge in [-0.3, -0.25) is 0 Å². The first kappa shape index (κ1) is 13.9. The second-order valence-electron chi connectivity index (χ2n) is 4.20. The van der Waals surface area contributed by atoms with Gasteiger partial charge in [0.15, 0.2) is 12.8 Å². The predicted octanol–water partition coefficient (Wildman–Crippen LogP) is -0.654. The van der Waals surface area contributed by atoms with Crippen LogP contribution in [0.1, 0.15) is 12.8 Å². The van der Waals surface area contributed by atoms with Crippen LogP contribution in [0.5, 0.6) is 0 Å². The van der Waals surface area contributed by atoms with Crippen molar-refractivity contribution in [3.63, 3.8) is 0 Å². The van der Waals surface area contributed by atoms with E-state index in [1.54, 1.807) is 11.3 Å². The predicted molar refractivity (Wildman–Crippen MR) is 66.9 cm³/mol. The highest BCUT2D eigenvalue weighted by Crippen LogP contribution is 2.16. The highest BCUT2D eigenvalue weighted by molar-refractivity contribution is 7.16. The zero-order valence-electron chi connectivity index (χ0n) is 10.0. The van der Waals surface area contributed by atoms with Gasteiger partial charge in [0.05, 0.1) is 19.6 Å². The molecule has 0 radical (unpaired) electrons. The number of aryl methyl sites for hydroxylation is 1. The Labute approximate surface area is 121 Å². The third-order valence-corrected chi connectivity index (χ3v) is 3.94. The third-order valence-electron chi connectivity index (χ3n) is 2.98. The lowest BCUT2D eigenvalue weighted by Gasteiger charge is -2.21. The Morgan fingerprint density at radius 1 is 1.22 bits per heavy atom. The third kappa shape index (κ3) is 3.09. The Balaban J connectivity index is 0.00000120. The van der Waals surface area contributed by atoms with Gasteiger partial charge in [0, 0.05) is 6.07 Å². The molecule has 0 spiro atoms. The van der Waals surface area contributed by atoms with Crippen LogP contribution in [-0.4, -0.2) is 19.5 Å². The number of ether oxygens (including phenoxy) is 2. The fraction of sp³-hybridized carbons (Fsp3) is 0.462. The van der Waals surface area contributed by atoms with E-state index in [0.717, 1.165) is 32.6 Å². The van der Waals surface area contributed by atoms with Gasteiger partial charge in [-0.15, -0.1) is 0 Å². The van der Waals surface area contributed by atoms with E-state index in [0.29, 0.717) is 0 Å². The summed E-state index contributed by atoms with van der Waals surface area (Å²) in [5.41, 5.74) is 3.47. The van der Waals surface area contributed by atoms with E-state index in [1.807, 2.05) is 0 Å². The molecule has 2 aromatic rings. The SMILES string of the molecule is [Br-].c1ccc2c(c1)sc[n+]2CCC1OCCCO1.